The van der Waals surface area contributed by atoms with Crippen LogP contribution in [-0.2, 0) is 17.4 Å². The van der Waals surface area contributed by atoms with Crippen molar-refractivity contribution in [1.29, 1.82) is 0 Å². The fourth-order valence-corrected chi connectivity index (χ4v) is 3.22. The van der Waals surface area contributed by atoms with E-state index in [0.717, 1.165) is 39.9 Å². The van der Waals surface area contributed by atoms with E-state index in [0.29, 0.717) is 0 Å². The minimum absolute atomic E-state index is 0.111. The largest absolute Gasteiger partial charge is 0.464 e. The fraction of sp³-hybridized carbons (Fsp3) is 0.400. The minimum atomic E-state index is -0.184. The van der Waals surface area contributed by atoms with Crippen LogP contribution in [0.1, 0.15) is 46.1 Å². The third-order valence-electron chi connectivity index (χ3n) is 4.63. The summed E-state index contributed by atoms with van der Waals surface area (Å²) in [7, 11) is 0. The van der Waals surface area contributed by atoms with Gasteiger partial charge in [-0.3, -0.25) is 9.97 Å². The van der Waals surface area contributed by atoms with Crippen molar-refractivity contribution in [3.05, 3.63) is 48.7 Å². The summed E-state index contributed by atoms with van der Waals surface area (Å²) in [4.78, 5) is 18.2. The number of rotatable bonds is 3. The first-order valence-corrected chi connectivity index (χ1v) is 8.77. The second-order valence-electron chi connectivity index (χ2n) is 8.39. The summed E-state index contributed by atoms with van der Waals surface area (Å²) in [6.07, 6.45) is 11.8. The summed E-state index contributed by atoms with van der Waals surface area (Å²) < 4.78 is 7.90. The number of fused-ring (bicyclic) bond motifs is 2. The molecule has 4 aromatic heterocycles. The molecule has 4 rings (SSSR count). The van der Waals surface area contributed by atoms with Crippen molar-refractivity contribution < 1.29 is 4.42 Å². The average Bonchev–Trinajstić information content (AvgIpc) is 3.18. The van der Waals surface area contributed by atoms with Crippen LogP contribution in [0.5, 0.6) is 0 Å². The fourth-order valence-electron chi connectivity index (χ4n) is 3.22. The van der Waals surface area contributed by atoms with Crippen LogP contribution in [0.2, 0.25) is 0 Å². The molecule has 0 aliphatic carbocycles. The smallest absolute Gasteiger partial charge is 0.136 e. The Morgan fingerprint density at radius 3 is 2.19 bits per heavy atom. The van der Waals surface area contributed by atoms with E-state index in [2.05, 4.69) is 54.1 Å². The molecule has 0 saturated carbocycles. The Bertz CT molecular complexity index is 1050. The van der Waals surface area contributed by atoms with Gasteiger partial charge in [-0.15, -0.1) is 0 Å². The molecule has 0 bridgehead atoms. The predicted octanol–water partition coefficient (Wildman–Crippen LogP) is 4.24. The SMILES string of the molecule is CC(C)(C)c1occ2ncc(CC(C)(C)n3cc4nccnc4c3)nc12. The zero-order chi connectivity index (χ0) is 18.5. The van der Waals surface area contributed by atoms with Crippen molar-refractivity contribution in [2.75, 3.05) is 0 Å². The second-order valence-corrected chi connectivity index (χ2v) is 8.39. The van der Waals surface area contributed by atoms with Crippen LogP contribution in [0.15, 0.2) is 41.7 Å². The molecule has 0 N–H and O–H groups in total. The van der Waals surface area contributed by atoms with Crippen molar-refractivity contribution in [1.82, 2.24) is 24.5 Å². The summed E-state index contributed by atoms with van der Waals surface area (Å²) in [6, 6.07) is 0. The van der Waals surface area contributed by atoms with Crippen LogP contribution in [0.25, 0.3) is 22.1 Å². The lowest BCUT2D eigenvalue weighted by atomic mass is 9.92. The van der Waals surface area contributed by atoms with Gasteiger partial charge in [0.15, 0.2) is 0 Å². The second kappa shape index (κ2) is 5.62. The minimum Gasteiger partial charge on any atom is -0.464 e. The number of hydrogen-bond acceptors (Lipinski definition) is 5. The maximum Gasteiger partial charge on any atom is 0.136 e. The van der Waals surface area contributed by atoms with Gasteiger partial charge in [-0.1, -0.05) is 20.8 Å². The molecule has 0 fully saturated rings. The molecule has 26 heavy (non-hydrogen) atoms. The number of furan rings is 1. The van der Waals surface area contributed by atoms with Crippen LogP contribution >= 0.6 is 0 Å². The first kappa shape index (κ1) is 16.7. The van der Waals surface area contributed by atoms with Gasteiger partial charge in [0.1, 0.15) is 34.1 Å². The Morgan fingerprint density at radius 2 is 1.58 bits per heavy atom. The Hall–Kier alpha value is -2.76. The zero-order valence-corrected chi connectivity index (χ0v) is 15.8. The van der Waals surface area contributed by atoms with Gasteiger partial charge in [-0.05, 0) is 13.8 Å². The van der Waals surface area contributed by atoms with Gasteiger partial charge in [0, 0.05) is 48.4 Å². The molecule has 6 heteroatoms. The number of aromatic nitrogens is 5. The third-order valence-corrected chi connectivity index (χ3v) is 4.63. The molecule has 0 spiro atoms. The maximum atomic E-state index is 5.74. The van der Waals surface area contributed by atoms with Gasteiger partial charge >= 0.3 is 0 Å². The quantitative estimate of drug-likeness (QED) is 0.553. The highest BCUT2D eigenvalue weighted by Gasteiger charge is 2.26. The molecule has 0 aliphatic rings. The highest BCUT2D eigenvalue weighted by atomic mass is 16.3. The summed E-state index contributed by atoms with van der Waals surface area (Å²) in [5, 5.41) is 0. The van der Waals surface area contributed by atoms with Gasteiger partial charge in [-0.2, -0.15) is 0 Å². The van der Waals surface area contributed by atoms with Gasteiger partial charge in [-0.25, -0.2) is 9.97 Å². The molecule has 6 nitrogen and oxygen atoms in total. The zero-order valence-electron chi connectivity index (χ0n) is 15.8. The normalized spacial score (nSPS) is 13.0. The molecule has 0 unspecified atom stereocenters. The van der Waals surface area contributed by atoms with Crippen LogP contribution < -0.4 is 0 Å². The molecule has 0 aromatic carbocycles. The van der Waals surface area contributed by atoms with Crippen molar-refractivity contribution >= 4 is 22.1 Å². The van der Waals surface area contributed by atoms with Crippen LogP contribution in [-0.4, -0.2) is 24.5 Å². The summed E-state index contributed by atoms with van der Waals surface area (Å²) in [6.45, 7) is 10.7. The van der Waals surface area contributed by atoms with E-state index in [9.17, 15) is 0 Å². The van der Waals surface area contributed by atoms with E-state index in [1.54, 1.807) is 18.7 Å². The van der Waals surface area contributed by atoms with E-state index in [1.807, 2.05) is 18.6 Å². The Kier molecular flexibility index (Phi) is 3.61. The van der Waals surface area contributed by atoms with Crippen molar-refractivity contribution in [2.24, 2.45) is 0 Å². The molecule has 0 saturated heterocycles. The van der Waals surface area contributed by atoms with E-state index in [-0.39, 0.29) is 11.0 Å². The van der Waals surface area contributed by atoms with Gasteiger partial charge in [0.05, 0.1) is 5.69 Å². The molecule has 134 valence electrons. The van der Waals surface area contributed by atoms with Crippen LogP contribution in [0, 0.1) is 0 Å². The highest BCUT2D eigenvalue weighted by Crippen LogP contribution is 2.30. The lowest BCUT2D eigenvalue weighted by Gasteiger charge is -2.26. The van der Waals surface area contributed by atoms with E-state index in [4.69, 9.17) is 9.40 Å². The van der Waals surface area contributed by atoms with Crippen molar-refractivity contribution in [2.45, 2.75) is 52.0 Å². The van der Waals surface area contributed by atoms with Gasteiger partial charge in [0.25, 0.3) is 0 Å². The molecular weight excluding hydrogens is 326 g/mol. The van der Waals surface area contributed by atoms with Gasteiger partial charge in [0.2, 0.25) is 0 Å². The molecule has 0 amide bonds. The molecular formula is C20H23N5O. The van der Waals surface area contributed by atoms with Crippen LogP contribution in [0.4, 0.5) is 0 Å². The first-order valence-electron chi connectivity index (χ1n) is 8.77. The Labute approximate surface area is 152 Å². The molecule has 4 aromatic rings. The van der Waals surface area contributed by atoms with Crippen molar-refractivity contribution in [3.63, 3.8) is 0 Å². The van der Waals surface area contributed by atoms with E-state index in [1.165, 1.54) is 0 Å². The summed E-state index contributed by atoms with van der Waals surface area (Å²) in [5.41, 5.74) is 4.09. The third kappa shape index (κ3) is 2.85. The lowest BCUT2D eigenvalue weighted by molar-refractivity contribution is 0.351. The van der Waals surface area contributed by atoms with Gasteiger partial charge < -0.3 is 8.98 Å². The molecule has 4 heterocycles. The summed E-state index contributed by atoms with van der Waals surface area (Å²) >= 11 is 0. The Balaban J connectivity index is 1.71. The lowest BCUT2D eigenvalue weighted by Crippen LogP contribution is -2.28. The van der Waals surface area contributed by atoms with E-state index < -0.39 is 0 Å². The molecule has 0 radical (unpaired) electrons. The van der Waals surface area contributed by atoms with Crippen molar-refractivity contribution in [3.8, 4) is 0 Å². The molecule has 0 atom stereocenters. The standard InChI is InChI=1S/C20H23N5O/c1-19(2,3)18-17-16(12-26-18)23-9-13(24-17)8-20(4,5)25-10-14-15(11-25)22-7-6-21-14/h6-7,9-12H,8H2,1-5H3. The summed E-state index contributed by atoms with van der Waals surface area (Å²) in [5.74, 6) is 0.875. The highest BCUT2D eigenvalue weighted by molar-refractivity contribution is 5.76. The molecule has 0 aliphatic heterocycles. The number of hydrogen-bond donors (Lipinski definition) is 0. The van der Waals surface area contributed by atoms with E-state index >= 15 is 0 Å². The predicted molar refractivity (Wildman–Crippen MR) is 101 cm³/mol. The Morgan fingerprint density at radius 1 is 0.923 bits per heavy atom. The first-order chi connectivity index (χ1) is 12.2. The van der Waals surface area contributed by atoms with Crippen LogP contribution in [0.3, 0.4) is 0 Å². The monoisotopic (exact) mass is 349 g/mol. The topological polar surface area (TPSA) is 69.6 Å². The maximum absolute atomic E-state index is 5.74. The average molecular weight is 349 g/mol. The number of nitrogens with zero attached hydrogens (tertiary/aromatic N) is 5.